The van der Waals surface area contributed by atoms with E-state index in [0.717, 1.165) is 22.2 Å². The molecule has 3 aromatic rings. The van der Waals surface area contributed by atoms with Crippen LogP contribution in [0, 0.1) is 0 Å². The molecule has 0 spiro atoms. The smallest absolute Gasteiger partial charge is 0.321 e. The van der Waals surface area contributed by atoms with E-state index in [9.17, 15) is 9.46 Å². The number of H-pyrrole nitrogens is 1. The van der Waals surface area contributed by atoms with Gasteiger partial charge in [0, 0.05) is 12.5 Å². The Hall–Kier alpha value is -2.20. The Labute approximate surface area is 127 Å². The van der Waals surface area contributed by atoms with E-state index in [0.29, 0.717) is 0 Å². The Balaban J connectivity index is 2.02. The molecule has 1 atom stereocenters. The van der Waals surface area contributed by atoms with Crippen LogP contribution in [0.5, 0.6) is 0 Å². The summed E-state index contributed by atoms with van der Waals surface area (Å²) in [5, 5.41) is 8.15. The fraction of sp³-hybridized carbons (Fsp3) is 0.0625. The number of aromatic amines is 1. The van der Waals surface area contributed by atoms with E-state index >= 15 is 0 Å². The Morgan fingerprint density at radius 3 is 2.68 bits per heavy atom. The Bertz CT molecular complexity index is 871. The first kappa shape index (κ1) is 14.7. The highest BCUT2D eigenvalue weighted by Gasteiger charge is 2.21. The van der Waals surface area contributed by atoms with Crippen molar-refractivity contribution in [1.82, 2.24) is 10.2 Å². The minimum absolute atomic E-state index is 0.248. The molecule has 0 radical (unpaired) electrons. The number of hydrogen-bond acceptors (Lipinski definition) is 3. The number of rotatable bonds is 4. The molecule has 1 unspecified atom stereocenters. The third kappa shape index (κ3) is 2.88. The van der Waals surface area contributed by atoms with Crippen molar-refractivity contribution in [2.45, 2.75) is 0 Å². The number of aromatic nitrogens is 2. The van der Waals surface area contributed by atoms with Crippen molar-refractivity contribution in [1.29, 1.82) is 0 Å². The molecule has 0 bridgehead atoms. The SMILES string of the molecule is COP(=O)(O)c1ccc2n[nH]c(/C=C/c3ccccc3)c2c1. The topological polar surface area (TPSA) is 75.2 Å². The van der Waals surface area contributed by atoms with Crippen LogP contribution in [0.25, 0.3) is 23.1 Å². The molecule has 5 nitrogen and oxygen atoms in total. The van der Waals surface area contributed by atoms with E-state index in [-0.39, 0.29) is 5.30 Å². The average Bonchev–Trinajstić information content (AvgIpc) is 2.96. The van der Waals surface area contributed by atoms with Gasteiger partial charge in [0.05, 0.1) is 16.5 Å². The van der Waals surface area contributed by atoms with Gasteiger partial charge in [-0.15, -0.1) is 0 Å². The lowest BCUT2D eigenvalue weighted by atomic mass is 10.1. The van der Waals surface area contributed by atoms with Crippen LogP contribution in [-0.4, -0.2) is 22.2 Å². The van der Waals surface area contributed by atoms with Gasteiger partial charge in [0.2, 0.25) is 0 Å². The standard InChI is InChI=1S/C16H15N2O3P/c1-21-22(19,20)13-8-10-16-14(11-13)15(17-18-16)9-7-12-5-3-2-4-6-12/h2-11H,1H3,(H,17,18)(H,19,20)/b9-7+. The van der Waals surface area contributed by atoms with Crippen LogP contribution < -0.4 is 5.30 Å². The van der Waals surface area contributed by atoms with Crippen molar-refractivity contribution in [3.05, 3.63) is 59.8 Å². The minimum Gasteiger partial charge on any atom is -0.321 e. The van der Waals surface area contributed by atoms with E-state index in [1.165, 1.54) is 7.11 Å². The second kappa shape index (κ2) is 5.89. The summed E-state index contributed by atoms with van der Waals surface area (Å²) in [5.41, 5.74) is 2.57. The fourth-order valence-corrected chi connectivity index (χ4v) is 2.94. The first-order chi connectivity index (χ1) is 10.6. The van der Waals surface area contributed by atoms with E-state index in [4.69, 9.17) is 0 Å². The van der Waals surface area contributed by atoms with Crippen LogP contribution >= 0.6 is 7.60 Å². The molecule has 0 fully saturated rings. The molecule has 1 heterocycles. The van der Waals surface area contributed by atoms with Gasteiger partial charge in [0.25, 0.3) is 0 Å². The second-order valence-corrected chi connectivity index (χ2v) is 6.71. The molecule has 22 heavy (non-hydrogen) atoms. The number of hydrogen-bond donors (Lipinski definition) is 2. The summed E-state index contributed by atoms with van der Waals surface area (Å²) >= 11 is 0. The number of benzene rings is 2. The van der Waals surface area contributed by atoms with E-state index in [1.807, 2.05) is 42.5 Å². The van der Waals surface area contributed by atoms with Gasteiger partial charge in [-0.1, -0.05) is 36.4 Å². The third-order valence-electron chi connectivity index (χ3n) is 3.38. The van der Waals surface area contributed by atoms with Gasteiger partial charge in [0.1, 0.15) is 0 Å². The van der Waals surface area contributed by atoms with Gasteiger partial charge >= 0.3 is 7.60 Å². The maximum Gasteiger partial charge on any atom is 0.358 e. The Morgan fingerprint density at radius 2 is 1.95 bits per heavy atom. The molecule has 2 aromatic carbocycles. The summed E-state index contributed by atoms with van der Waals surface area (Å²) in [6.07, 6.45) is 3.85. The molecule has 6 heteroatoms. The maximum absolute atomic E-state index is 11.9. The highest BCUT2D eigenvalue weighted by atomic mass is 31.2. The van der Waals surface area contributed by atoms with Gasteiger partial charge in [-0.05, 0) is 29.8 Å². The highest BCUT2D eigenvalue weighted by molar-refractivity contribution is 7.61. The normalized spacial score (nSPS) is 14.5. The molecular formula is C16H15N2O3P. The van der Waals surface area contributed by atoms with Crippen LogP contribution in [0.1, 0.15) is 11.3 Å². The second-order valence-electron chi connectivity index (χ2n) is 4.79. The largest absolute Gasteiger partial charge is 0.358 e. The van der Waals surface area contributed by atoms with Crippen LogP contribution in [0.3, 0.4) is 0 Å². The average molecular weight is 314 g/mol. The zero-order valence-electron chi connectivity index (χ0n) is 11.9. The summed E-state index contributed by atoms with van der Waals surface area (Å²) in [4.78, 5) is 9.78. The fourth-order valence-electron chi connectivity index (χ4n) is 2.17. The molecule has 0 amide bonds. The van der Waals surface area contributed by atoms with Gasteiger partial charge in [-0.25, -0.2) is 0 Å². The quantitative estimate of drug-likeness (QED) is 0.725. The summed E-state index contributed by atoms with van der Waals surface area (Å²) in [6.45, 7) is 0. The predicted octanol–water partition coefficient (Wildman–Crippen LogP) is 3.19. The number of nitrogens with zero attached hydrogens (tertiary/aromatic N) is 1. The summed E-state index contributed by atoms with van der Waals surface area (Å²) in [6, 6.07) is 14.8. The number of nitrogens with one attached hydrogen (secondary N) is 1. The van der Waals surface area contributed by atoms with Crippen LogP contribution in [0.2, 0.25) is 0 Å². The molecule has 0 aliphatic rings. The highest BCUT2D eigenvalue weighted by Crippen LogP contribution is 2.40. The summed E-state index contributed by atoms with van der Waals surface area (Å²) < 4.78 is 16.6. The first-order valence-corrected chi connectivity index (χ1v) is 8.28. The van der Waals surface area contributed by atoms with E-state index < -0.39 is 7.60 Å². The molecule has 0 aliphatic carbocycles. The summed E-state index contributed by atoms with van der Waals surface area (Å²) in [7, 11) is -2.55. The molecule has 112 valence electrons. The van der Waals surface area contributed by atoms with E-state index in [1.54, 1.807) is 18.2 Å². The molecule has 1 aromatic heterocycles. The molecule has 0 saturated carbocycles. The Morgan fingerprint density at radius 1 is 1.18 bits per heavy atom. The molecule has 3 rings (SSSR count). The zero-order chi connectivity index (χ0) is 15.6. The maximum atomic E-state index is 11.9. The molecule has 2 N–H and O–H groups in total. The Kier molecular flexibility index (Phi) is 3.94. The van der Waals surface area contributed by atoms with Gasteiger partial charge in [-0.2, -0.15) is 5.10 Å². The molecule has 0 aliphatic heterocycles. The third-order valence-corrected chi connectivity index (χ3v) is 4.81. The van der Waals surface area contributed by atoms with Crippen molar-refractivity contribution < 1.29 is 14.0 Å². The van der Waals surface area contributed by atoms with Gasteiger partial charge < -0.3 is 9.42 Å². The van der Waals surface area contributed by atoms with Crippen LogP contribution in [0.4, 0.5) is 0 Å². The molecule has 0 saturated heterocycles. The van der Waals surface area contributed by atoms with Gasteiger partial charge in [0.15, 0.2) is 0 Å². The lowest BCUT2D eigenvalue weighted by Crippen LogP contribution is -2.04. The minimum atomic E-state index is -3.77. The molecular weight excluding hydrogens is 299 g/mol. The van der Waals surface area contributed by atoms with Crippen LogP contribution in [-0.2, 0) is 9.09 Å². The predicted molar refractivity (Wildman–Crippen MR) is 87.9 cm³/mol. The van der Waals surface area contributed by atoms with Crippen molar-refractivity contribution in [3.8, 4) is 0 Å². The van der Waals surface area contributed by atoms with Crippen LogP contribution in [0.15, 0.2) is 48.5 Å². The number of fused-ring (bicyclic) bond motifs is 1. The summed E-state index contributed by atoms with van der Waals surface area (Å²) in [5.74, 6) is 0. The first-order valence-electron chi connectivity index (χ1n) is 6.70. The van der Waals surface area contributed by atoms with Crippen molar-refractivity contribution in [3.63, 3.8) is 0 Å². The lowest BCUT2D eigenvalue weighted by molar-refractivity contribution is 0.328. The monoisotopic (exact) mass is 314 g/mol. The zero-order valence-corrected chi connectivity index (χ0v) is 12.8. The lowest BCUT2D eigenvalue weighted by Gasteiger charge is -2.08. The van der Waals surface area contributed by atoms with Crippen molar-refractivity contribution in [2.24, 2.45) is 0 Å². The van der Waals surface area contributed by atoms with E-state index in [2.05, 4.69) is 14.7 Å². The van der Waals surface area contributed by atoms with Crippen molar-refractivity contribution >= 4 is 36.0 Å². The van der Waals surface area contributed by atoms with Gasteiger partial charge in [-0.3, -0.25) is 9.66 Å². The van der Waals surface area contributed by atoms with Crippen molar-refractivity contribution in [2.75, 3.05) is 7.11 Å².